The van der Waals surface area contributed by atoms with E-state index < -0.39 is 0 Å². The van der Waals surface area contributed by atoms with E-state index in [4.69, 9.17) is 4.74 Å². The number of hydrogen-bond donors (Lipinski definition) is 1. The van der Waals surface area contributed by atoms with E-state index in [-0.39, 0.29) is 6.10 Å². The number of nitrogens with one attached hydrogen (secondary N) is 1. The van der Waals surface area contributed by atoms with Gasteiger partial charge >= 0.3 is 0 Å². The average molecular weight is 186 g/mol. The van der Waals surface area contributed by atoms with Crippen LogP contribution in [0.3, 0.4) is 0 Å². The second-order valence-corrected chi connectivity index (χ2v) is 3.40. The molecule has 3 nitrogen and oxygen atoms in total. The van der Waals surface area contributed by atoms with Gasteiger partial charge in [0.2, 0.25) is 0 Å². The molecule has 0 spiro atoms. The molecule has 1 saturated heterocycles. The highest BCUT2D eigenvalue weighted by Crippen LogP contribution is 2.30. The quantitative estimate of drug-likeness (QED) is 0.730. The van der Waals surface area contributed by atoms with Crippen molar-refractivity contribution in [1.29, 1.82) is 0 Å². The molecule has 0 aliphatic carbocycles. The zero-order valence-electron chi connectivity index (χ0n) is 7.60. The highest BCUT2D eigenvalue weighted by Gasteiger charge is 2.26. The van der Waals surface area contributed by atoms with Crippen molar-refractivity contribution >= 4 is 0 Å². The van der Waals surface area contributed by atoms with Crippen LogP contribution < -0.4 is 0 Å². The molecule has 14 heavy (non-hydrogen) atoms. The smallest absolute Gasteiger partial charge is 0.122 e. The van der Waals surface area contributed by atoms with Crippen molar-refractivity contribution in [2.24, 2.45) is 0 Å². The Bertz CT molecular complexity index is 432. The Balaban J connectivity index is 1.96. The van der Waals surface area contributed by atoms with Crippen molar-refractivity contribution < 1.29 is 4.74 Å². The predicted octanol–water partition coefficient (Wildman–Crippen LogP) is 2.15. The first-order chi connectivity index (χ1) is 6.93. The average Bonchev–Trinajstić information content (AvgIpc) is 2.98. The van der Waals surface area contributed by atoms with Crippen molar-refractivity contribution in [1.82, 2.24) is 10.2 Å². The van der Waals surface area contributed by atoms with Crippen LogP contribution >= 0.6 is 0 Å². The number of benzene rings is 1. The summed E-state index contributed by atoms with van der Waals surface area (Å²) in [6.07, 6.45) is 0.250. The van der Waals surface area contributed by atoms with E-state index >= 15 is 0 Å². The number of ether oxygens (including phenoxy) is 1. The number of epoxide rings is 1. The van der Waals surface area contributed by atoms with Crippen molar-refractivity contribution in [3.05, 3.63) is 42.1 Å². The van der Waals surface area contributed by atoms with Gasteiger partial charge in [0.05, 0.1) is 18.0 Å². The number of H-pyrrole nitrogens is 1. The minimum Gasteiger partial charge on any atom is -0.366 e. The van der Waals surface area contributed by atoms with Crippen LogP contribution in [-0.2, 0) is 4.74 Å². The molecule has 0 bridgehead atoms. The van der Waals surface area contributed by atoms with Gasteiger partial charge in [0.25, 0.3) is 0 Å². The first-order valence-corrected chi connectivity index (χ1v) is 4.66. The molecule has 1 N–H and O–H groups in total. The van der Waals surface area contributed by atoms with Gasteiger partial charge in [0.15, 0.2) is 0 Å². The fourth-order valence-corrected chi connectivity index (χ4v) is 1.49. The van der Waals surface area contributed by atoms with Crippen LogP contribution in [0.15, 0.2) is 36.4 Å². The Morgan fingerprint density at radius 2 is 2.07 bits per heavy atom. The summed E-state index contributed by atoms with van der Waals surface area (Å²) in [7, 11) is 0. The summed E-state index contributed by atoms with van der Waals surface area (Å²) in [5.41, 5.74) is 3.19. The van der Waals surface area contributed by atoms with Gasteiger partial charge in [-0.25, -0.2) is 0 Å². The molecule has 1 aromatic heterocycles. The Morgan fingerprint density at radius 1 is 1.29 bits per heavy atom. The van der Waals surface area contributed by atoms with Crippen LogP contribution in [0.25, 0.3) is 11.3 Å². The first-order valence-electron chi connectivity index (χ1n) is 4.66. The molecule has 70 valence electrons. The summed E-state index contributed by atoms with van der Waals surface area (Å²) in [6, 6.07) is 12.2. The molecule has 2 heterocycles. The summed E-state index contributed by atoms with van der Waals surface area (Å²) in [4.78, 5) is 0. The zero-order valence-corrected chi connectivity index (χ0v) is 7.60. The Labute approximate surface area is 81.7 Å². The number of nitrogens with zero attached hydrogens (tertiary/aromatic N) is 1. The molecular weight excluding hydrogens is 176 g/mol. The molecule has 1 atom stereocenters. The lowest BCUT2D eigenvalue weighted by Crippen LogP contribution is -1.77. The van der Waals surface area contributed by atoms with E-state index in [9.17, 15) is 0 Å². The Hall–Kier alpha value is -1.61. The molecule has 1 fully saturated rings. The highest BCUT2D eigenvalue weighted by molar-refractivity contribution is 5.59. The molecular formula is C11H10N2O. The molecule has 0 amide bonds. The maximum atomic E-state index is 5.17. The third-order valence-electron chi connectivity index (χ3n) is 2.35. The molecule has 0 saturated carbocycles. The van der Waals surface area contributed by atoms with Crippen molar-refractivity contribution in [3.63, 3.8) is 0 Å². The van der Waals surface area contributed by atoms with Crippen molar-refractivity contribution in [2.75, 3.05) is 6.61 Å². The number of hydrogen-bond acceptors (Lipinski definition) is 2. The van der Waals surface area contributed by atoms with Gasteiger partial charge in [-0.15, -0.1) is 0 Å². The Kier molecular flexibility index (Phi) is 1.64. The fraction of sp³-hybridized carbons (Fsp3) is 0.182. The van der Waals surface area contributed by atoms with E-state index in [1.807, 2.05) is 36.4 Å². The lowest BCUT2D eigenvalue weighted by molar-refractivity contribution is 0.411. The van der Waals surface area contributed by atoms with Crippen LogP contribution in [0, 0.1) is 0 Å². The monoisotopic (exact) mass is 186 g/mol. The maximum absolute atomic E-state index is 5.17. The molecule has 1 aliphatic heterocycles. The minimum absolute atomic E-state index is 0.250. The summed E-state index contributed by atoms with van der Waals surface area (Å²) in [5.74, 6) is 0. The highest BCUT2D eigenvalue weighted by atomic mass is 16.6. The number of aromatic nitrogens is 2. The molecule has 3 rings (SSSR count). The molecule has 0 radical (unpaired) electrons. The van der Waals surface area contributed by atoms with Crippen LogP contribution in [0.2, 0.25) is 0 Å². The molecule has 0 unspecified atom stereocenters. The number of aromatic amines is 1. The van der Waals surface area contributed by atoms with Gasteiger partial charge < -0.3 is 4.74 Å². The second kappa shape index (κ2) is 2.96. The van der Waals surface area contributed by atoms with Gasteiger partial charge in [-0.05, 0) is 6.07 Å². The molecule has 1 aromatic carbocycles. The SMILES string of the molecule is c1ccc(-c2cc([C@@H]3CO3)[nH]n2)cc1. The lowest BCUT2D eigenvalue weighted by Gasteiger charge is -1.92. The van der Waals surface area contributed by atoms with E-state index in [1.165, 1.54) is 0 Å². The lowest BCUT2D eigenvalue weighted by atomic mass is 10.1. The summed E-state index contributed by atoms with van der Waals surface area (Å²) >= 11 is 0. The minimum atomic E-state index is 0.250. The van der Waals surface area contributed by atoms with Crippen molar-refractivity contribution in [2.45, 2.75) is 6.10 Å². The summed E-state index contributed by atoms with van der Waals surface area (Å²) in [5, 5.41) is 7.23. The van der Waals surface area contributed by atoms with E-state index in [2.05, 4.69) is 10.2 Å². The summed E-state index contributed by atoms with van der Waals surface area (Å²) in [6.45, 7) is 0.816. The maximum Gasteiger partial charge on any atom is 0.122 e. The van der Waals surface area contributed by atoms with E-state index in [0.717, 1.165) is 23.6 Å². The topological polar surface area (TPSA) is 41.2 Å². The largest absolute Gasteiger partial charge is 0.366 e. The van der Waals surface area contributed by atoms with Gasteiger partial charge in [-0.3, -0.25) is 5.10 Å². The van der Waals surface area contributed by atoms with Gasteiger partial charge in [-0.1, -0.05) is 30.3 Å². The van der Waals surface area contributed by atoms with Crippen LogP contribution in [-0.4, -0.2) is 16.8 Å². The van der Waals surface area contributed by atoms with Crippen molar-refractivity contribution in [3.8, 4) is 11.3 Å². The van der Waals surface area contributed by atoms with Gasteiger partial charge in [0.1, 0.15) is 6.10 Å². The van der Waals surface area contributed by atoms with Gasteiger partial charge in [-0.2, -0.15) is 5.10 Å². The van der Waals surface area contributed by atoms with Crippen LogP contribution in [0.4, 0.5) is 0 Å². The standard InChI is InChI=1S/C11H10N2O/c1-2-4-8(5-3-1)9-6-10(13-12-9)11-7-14-11/h1-6,11H,7H2,(H,12,13)/t11-/m0/s1. The normalized spacial score (nSPS) is 19.6. The predicted molar refractivity (Wildman–Crippen MR) is 52.7 cm³/mol. The second-order valence-electron chi connectivity index (χ2n) is 3.40. The van der Waals surface area contributed by atoms with E-state index in [0.29, 0.717) is 0 Å². The molecule has 1 aliphatic rings. The third-order valence-corrected chi connectivity index (χ3v) is 2.35. The Morgan fingerprint density at radius 3 is 2.79 bits per heavy atom. The van der Waals surface area contributed by atoms with Crippen LogP contribution in [0.5, 0.6) is 0 Å². The first kappa shape index (κ1) is 7.76. The fourth-order valence-electron chi connectivity index (χ4n) is 1.49. The summed E-state index contributed by atoms with van der Waals surface area (Å²) < 4.78 is 5.17. The van der Waals surface area contributed by atoms with Crippen LogP contribution in [0.1, 0.15) is 11.8 Å². The van der Waals surface area contributed by atoms with E-state index in [1.54, 1.807) is 0 Å². The zero-order chi connectivity index (χ0) is 9.38. The molecule has 2 aromatic rings. The van der Waals surface area contributed by atoms with Gasteiger partial charge in [0, 0.05) is 5.56 Å². The third kappa shape index (κ3) is 1.32. The number of rotatable bonds is 2. The molecule has 3 heteroatoms.